The summed E-state index contributed by atoms with van der Waals surface area (Å²) in [6.45, 7) is 16.3. The molecule has 6 rings (SSSR count). The maximum atomic E-state index is 6.09. The number of benzene rings is 1. The summed E-state index contributed by atoms with van der Waals surface area (Å²) in [4.78, 5) is 14.2. The van der Waals surface area contributed by atoms with Gasteiger partial charge in [0.1, 0.15) is 25.5 Å². The lowest BCUT2D eigenvalue weighted by molar-refractivity contribution is 0.0787. The van der Waals surface area contributed by atoms with Gasteiger partial charge in [0.2, 0.25) is 0 Å². The van der Waals surface area contributed by atoms with E-state index in [1.165, 1.54) is 0 Å². The SMILES string of the molecule is Cn1cc(-c2ccc3c(-c4cn(COCC[Si](C)(C)C)nc4-c4cnc5c(cnn5COCC[Si](C)(C)C)c4)ncnc3c2)cn1. The van der Waals surface area contributed by atoms with Crippen molar-refractivity contribution in [3.63, 3.8) is 0 Å². The fourth-order valence-electron chi connectivity index (χ4n) is 5.16. The maximum Gasteiger partial charge on any atom is 0.160 e. The Hall–Kier alpha value is -4.05. The van der Waals surface area contributed by atoms with E-state index in [0.29, 0.717) is 20.1 Å². The zero-order chi connectivity index (χ0) is 32.5. The van der Waals surface area contributed by atoms with Crippen molar-refractivity contribution in [2.24, 2.45) is 7.05 Å². The monoisotopic (exact) mass is 653 g/mol. The zero-order valence-corrected chi connectivity index (χ0v) is 29.9. The standard InChI is InChI=1S/C33H43N9O2Si2/c1-40-19-27(18-37-40)24-8-9-28-30(15-24)35-21-36-32(28)29-20-41(22-43-10-12-45(2,3)4)39-31(29)25-14-26-17-38-42(33(26)34-16-25)23-44-11-13-46(5,6)7/h8-9,14-21H,10-13,22-23H2,1-7H3. The highest BCUT2D eigenvalue weighted by molar-refractivity contribution is 6.76. The Morgan fingerprint density at radius 1 is 0.717 bits per heavy atom. The maximum absolute atomic E-state index is 6.09. The summed E-state index contributed by atoms with van der Waals surface area (Å²) in [5.74, 6) is 0. The van der Waals surface area contributed by atoms with Gasteiger partial charge in [-0.2, -0.15) is 15.3 Å². The van der Waals surface area contributed by atoms with Crippen molar-refractivity contribution in [1.29, 1.82) is 0 Å². The van der Waals surface area contributed by atoms with E-state index < -0.39 is 16.1 Å². The van der Waals surface area contributed by atoms with Gasteiger partial charge in [-0.15, -0.1) is 0 Å². The highest BCUT2D eigenvalue weighted by Gasteiger charge is 2.20. The van der Waals surface area contributed by atoms with Crippen LogP contribution in [0.25, 0.3) is 55.6 Å². The van der Waals surface area contributed by atoms with Crippen LogP contribution in [-0.4, -0.2) is 73.7 Å². The molecule has 0 aliphatic carbocycles. The summed E-state index contributed by atoms with van der Waals surface area (Å²) >= 11 is 0. The number of pyridine rings is 1. The molecule has 0 bridgehead atoms. The van der Waals surface area contributed by atoms with Crippen molar-refractivity contribution in [3.8, 4) is 33.6 Å². The van der Waals surface area contributed by atoms with Gasteiger partial charge in [-0.05, 0) is 35.9 Å². The Labute approximate surface area is 271 Å². The van der Waals surface area contributed by atoms with E-state index >= 15 is 0 Å². The van der Waals surface area contributed by atoms with E-state index in [-0.39, 0.29) is 0 Å². The second-order valence-corrected chi connectivity index (χ2v) is 25.5. The molecule has 1 aromatic carbocycles. The van der Waals surface area contributed by atoms with Crippen LogP contribution in [0, 0.1) is 0 Å². The van der Waals surface area contributed by atoms with Crippen LogP contribution in [0.4, 0.5) is 0 Å². The van der Waals surface area contributed by atoms with Gasteiger partial charge in [0, 0.05) is 82.5 Å². The molecule has 0 fully saturated rings. The largest absolute Gasteiger partial charge is 0.360 e. The molecule has 240 valence electrons. The molecular formula is C33H43N9O2Si2. The van der Waals surface area contributed by atoms with E-state index in [4.69, 9.17) is 24.5 Å². The molecule has 13 heteroatoms. The smallest absolute Gasteiger partial charge is 0.160 e. The molecule has 0 atom stereocenters. The number of ether oxygens (including phenoxy) is 2. The zero-order valence-electron chi connectivity index (χ0n) is 27.9. The Balaban J connectivity index is 1.34. The van der Waals surface area contributed by atoms with Gasteiger partial charge in [0.25, 0.3) is 0 Å². The van der Waals surface area contributed by atoms with Crippen molar-refractivity contribution in [3.05, 3.63) is 61.6 Å². The Morgan fingerprint density at radius 3 is 2.20 bits per heavy atom. The third-order valence-electron chi connectivity index (χ3n) is 7.87. The Kier molecular flexibility index (Phi) is 9.01. The van der Waals surface area contributed by atoms with E-state index in [2.05, 4.69) is 78.7 Å². The summed E-state index contributed by atoms with van der Waals surface area (Å²) in [7, 11) is -0.456. The minimum Gasteiger partial charge on any atom is -0.360 e. The number of nitrogens with zero attached hydrogens (tertiary/aromatic N) is 9. The lowest BCUT2D eigenvalue weighted by Gasteiger charge is -2.15. The molecule has 0 saturated carbocycles. The summed E-state index contributed by atoms with van der Waals surface area (Å²) in [5.41, 5.74) is 7.06. The van der Waals surface area contributed by atoms with Crippen LogP contribution in [0.2, 0.25) is 51.4 Å². The second kappa shape index (κ2) is 13.0. The fraction of sp³-hybridized carbons (Fsp3) is 0.394. The van der Waals surface area contributed by atoms with Gasteiger partial charge in [-0.1, -0.05) is 45.3 Å². The van der Waals surface area contributed by atoms with Crippen LogP contribution in [0.5, 0.6) is 0 Å². The lowest BCUT2D eigenvalue weighted by atomic mass is 10.0. The molecule has 5 heterocycles. The van der Waals surface area contributed by atoms with Crippen LogP contribution < -0.4 is 0 Å². The molecule has 0 aliphatic heterocycles. The predicted molar refractivity (Wildman–Crippen MR) is 188 cm³/mol. The highest BCUT2D eigenvalue weighted by atomic mass is 28.3. The number of fused-ring (bicyclic) bond motifs is 2. The first kappa shape index (κ1) is 31.9. The topological polar surface area (TPSA) is 111 Å². The van der Waals surface area contributed by atoms with Crippen LogP contribution >= 0.6 is 0 Å². The molecule has 0 N–H and O–H groups in total. The molecule has 0 unspecified atom stereocenters. The average Bonchev–Trinajstić information content (AvgIpc) is 3.74. The van der Waals surface area contributed by atoms with Crippen LogP contribution in [0.1, 0.15) is 0 Å². The molecule has 0 saturated heterocycles. The van der Waals surface area contributed by atoms with Crippen molar-refractivity contribution in [2.45, 2.75) is 64.8 Å². The predicted octanol–water partition coefficient (Wildman–Crippen LogP) is 6.93. The van der Waals surface area contributed by atoms with Gasteiger partial charge >= 0.3 is 0 Å². The first-order chi connectivity index (χ1) is 21.9. The average molecular weight is 654 g/mol. The highest BCUT2D eigenvalue weighted by Crippen LogP contribution is 2.35. The van der Waals surface area contributed by atoms with Crippen LogP contribution in [0.3, 0.4) is 0 Å². The van der Waals surface area contributed by atoms with Crippen molar-refractivity contribution in [2.75, 3.05) is 13.2 Å². The van der Waals surface area contributed by atoms with Gasteiger partial charge in [0.15, 0.2) is 5.65 Å². The quantitative estimate of drug-likeness (QED) is 0.0975. The van der Waals surface area contributed by atoms with E-state index in [0.717, 1.165) is 74.3 Å². The molecule has 5 aromatic heterocycles. The third-order valence-corrected chi connectivity index (χ3v) is 11.3. The summed E-state index contributed by atoms with van der Waals surface area (Å²) in [6, 6.07) is 10.5. The Bertz CT molecular complexity index is 1970. The van der Waals surface area contributed by atoms with Crippen molar-refractivity contribution in [1.82, 2.24) is 44.3 Å². The molecule has 46 heavy (non-hydrogen) atoms. The van der Waals surface area contributed by atoms with Crippen molar-refractivity contribution >= 4 is 38.1 Å². The fourth-order valence-corrected chi connectivity index (χ4v) is 6.67. The number of aromatic nitrogens is 9. The van der Waals surface area contributed by atoms with E-state index in [1.54, 1.807) is 11.0 Å². The van der Waals surface area contributed by atoms with Gasteiger partial charge < -0.3 is 9.47 Å². The van der Waals surface area contributed by atoms with Gasteiger partial charge in [-0.3, -0.25) is 4.68 Å². The summed E-state index contributed by atoms with van der Waals surface area (Å²) in [6.07, 6.45) is 11.2. The first-order valence-corrected chi connectivity index (χ1v) is 23.1. The molecule has 0 amide bonds. The lowest BCUT2D eigenvalue weighted by Crippen LogP contribution is -2.22. The minimum atomic E-state index is -1.21. The van der Waals surface area contributed by atoms with Gasteiger partial charge in [0.05, 0.1) is 23.6 Å². The van der Waals surface area contributed by atoms with E-state index in [9.17, 15) is 0 Å². The number of rotatable bonds is 13. The molecule has 0 radical (unpaired) electrons. The number of aryl methyl sites for hydroxylation is 1. The molecular weight excluding hydrogens is 611 g/mol. The molecule has 0 spiro atoms. The normalized spacial score (nSPS) is 12.5. The Morgan fingerprint density at radius 2 is 1.48 bits per heavy atom. The van der Waals surface area contributed by atoms with Crippen LogP contribution in [-0.2, 0) is 30.0 Å². The second-order valence-electron chi connectivity index (χ2n) is 14.3. The van der Waals surface area contributed by atoms with Crippen LogP contribution in [0.15, 0.2) is 61.6 Å². The summed E-state index contributed by atoms with van der Waals surface area (Å²) in [5, 5.41) is 15.8. The van der Waals surface area contributed by atoms with Crippen molar-refractivity contribution < 1.29 is 9.47 Å². The number of hydrogen-bond donors (Lipinski definition) is 0. The first-order valence-electron chi connectivity index (χ1n) is 15.7. The van der Waals surface area contributed by atoms with Gasteiger partial charge in [-0.25, -0.2) is 24.3 Å². The minimum absolute atomic E-state index is 0.355. The summed E-state index contributed by atoms with van der Waals surface area (Å²) < 4.78 is 17.5. The molecule has 0 aliphatic rings. The molecule has 11 nitrogen and oxygen atoms in total. The van der Waals surface area contributed by atoms with E-state index in [1.807, 2.05) is 47.4 Å². The number of hydrogen-bond acceptors (Lipinski definition) is 8. The third kappa shape index (κ3) is 7.49. The molecule has 6 aromatic rings.